The van der Waals surface area contributed by atoms with Crippen LogP contribution < -0.4 is 5.32 Å². The molecule has 0 bridgehead atoms. The summed E-state index contributed by atoms with van der Waals surface area (Å²) >= 11 is 0. The molecule has 2 unspecified atom stereocenters. The van der Waals surface area contributed by atoms with E-state index >= 15 is 0 Å². The van der Waals surface area contributed by atoms with E-state index in [4.69, 9.17) is 4.42 Å². The summed E-state index contributed by atoms with van der Waals surface area (Å²) in [5, 5.41) is 3.51. The lowest BCUT2D eigenvalue weighted by atomic mass is 10.0. The van der Waals surface area contributed by atoms with Gasteiger partial charge in [-0.25, -0.2) is 0 Å². The monoisotopic (exact) mass is 234 g/mol. The third-order valence-corrected chi connectivity index (χ3v) is 3.89. The maximum Gasteiger partial charge on any atom is 0.257 e. The summed E-state index contributed by atoms with van der Waals surface area (Å²) in [5.74, 6) is 0.120. The van der Waals surface area contributed by atoms with Crippen LogP contribution in [0.15, 0.2) is 23.0 Å². The maximum absolute atomic E-state index is 12.3. The molecule has 4 nitrogen and oxygen atoms in total. The molecule has 92 valence electrons. The minimum absolute atomic E-state index is 0.120. The third kappa shape index (κ3) is 1.97. The Bertz CT molecular complexity index is 382. The molecule has 4 heteroatoms. The van der Waals surface area contributed by atoms with Crippen molar-refractivity contribution in [2.45, 2.75) is 37.8 Å². The van der Waals surface area contributed by atoms with Gasteiger partial charge in [0.25, 0.3) is 5.91 Å². The van der Waals surface area contributed by atoms with Crippen LogP contribution in [0, 0.1) is 0 Å². The molecule has 3 rings (SSSR count). The normalized spacial score (nSPS) is 28.8. The number of hydrogen-bond acceptors (Lipinski definition) is 3. The molecule has 1 aromatic heterocycles. The van der Waals surface area contributed by atoms with Gasteiger partial charge in [0, 0.05) is 18.6 Å². The molecule has 2 fully saturated rings. The number of rotatable bonds is 2. The van der Waals surface area contributed by atoms with E-state index in [-0.39, 0.29) is 5.91 Å². The summed E-state index contributed by atoms with van der Waals surface area (Å²) < 4.78 is 4.99. The van der Waals surface area contributed by atoms with E-state index in [2.05, 4.69) is 5.32 Å². The zero-order valence-electron chi connectivity index (χ0n) is 9.89. The first-order valence-corrected chi connectivity index (χ1v) is 6.43. The lowest BCUT2D eigenvalue weighted by molar-refractivity contribution is 0.0710. The number of furan rings is 1. The van der Waals surface area contributed by atoms with Crippen molar-refractivity contribution >= 4 is 5.91 Å². The Hall–Kier alpha value is -1.29. The highest BCUT2D eigenvalue weighted by atomic mass is 16.3. The molecule has 2 atom stereocenters. The molecule has 0 aliphatic carbocycles. The molecular weight excluding hydrogens is 216 g/mol. The Balaban J connectivity index is 1.75. The van der Waals surface area contributed by atoms with Crippen molar-refractivity contribution in [1.82, 2.24) is 10.2 Å². The number of nitrogens with one attached hydrogen (secondary N) is 1. The van der Waals surface area contributed by atoms with Crippen molar-refractivity contribution in [1.29, 1.82) is 0 Å². The van der Waals surface area contributed by atoms with Gasteiger partial charge < -0.3 is 14.6 Å². The van der Waals surface area contributed by atoms with Gasteiger partial charge in [0.15, 0.2) is 0 Å². The lowest BCUT2D eigenvalue weighted by Gasteiger charge is -2.29. The molecule has 0 radical (unpaired) electrons. The molecule has 1 N–H and O–H groups in total. The van der Waals surface area contributed by atoms with Crippen molar-refractivity contribution in [2.75, 3.05) is 13.1 Å². The Morgan fingerprint density at radius 3 is 3.06 bits per heavy atom. The number of nitrogens with zero attached hydrogens (tertiary/aromatic N) is 1. The molecule has 2 aliphatic rings. The van der Waals surface area contributed by atoms with Gasteiger partial charge in [0.1, 0.15) is 6.26 Å². The molecule has 2 aliphatic heterocycles. The Kier molecular flexibility index (Phi) is 2.89. The van der Waals surface area contributed by atoms with Crippen LogP contribution in [0.5, 0.6) is 0 Å². The smallest absolute Gasteiger partial charge is 0.257 e. The fraction of sp³-hybridized carbons (Fsp3) is 0.615. The van der Waals surface area contributed by atoms with Crippen LogP contribution in [-0.4, -0.2) is 36.0 Å². The van der Waals surface area contributed by atoms with Crippen LogP contribution in [0.25, 0.3) is 0 Å². The third-order valence-electron chi connectivity index (χ3n) is 3.89. The summed E-state index contributed by atoms with van der Waals surface area (Å²) in [4.78, 5) is 14.3. The number of hydrogen-bond donors (Lipinski definition) is 1. The van der Waals surface area contributed by atoms with E-state index in [9.17, 15) is 4.79 Å². The minimum Gasteiger partial charge on any atom is -0.472 e. The highest BCUT2D eigenvalue weighted by Crippen LogP contribution is 2.26. The Morgan fingerprint density at radius 1 is 1.41 bits per heavy atom. The summed E-state index contributed by atoms with van der Waals surface area (Å²) in [7, 11) is 0. The quantitative estimate of drug-likeness (QED) is 0.846. The van der Waals surface area contributed by atoms with Gasteiger partial charge in [0.05, 0.1) is 11.8 Å². The van der Waals surface area contributed by atoms with Crippen LogP contribution in [0.3, 0.4) is 0 Å². The van der Waals surface area contributed by atoms with Crippen molar-refractivity contribution in [2.24, 2.45) is 0 Å². The van der Waals surface area contributed by atoms with Gasteiger partial charge in [-0.2, -0.15) is 0 Å². The first kappa shape index (κ1) is 10.8. The second-order valence-corrected chi connectivity index (χ2v) is 4.92. The minimum atomic E-state index is 0.120. The molecule has 0 saturated carbocycles. The molecular formula is C13H18N2O2. The van der Waals surface area contributed by atoms with Gasteiger partial charge in [-0.3, -0.25) is 4.79 Å². The number of amides is 1. The van der Waals surface area contributed by atoms with Crippen molar-refractivity contribution in [3.8, 4) is 0 Å². The van der Waals surface area contributed by atoms with E-state index in [1.54, 1.807) is 18.6 Å². The highest BCUT2D eigenvalue weighted by Gasteiger charge is 2.36. The van der Waals surface area contributed by atoms with Crippen LogP contribution in [-0.2, 0) is 0 Å². The predicted molar refractivity (Wildman–Crippen MR) is 63.8 cm³/mol. The predicted octanol–water partition coefficient (Wildman–Crippen LogP) is 1.64. The van der Waals surface area contributed by atoms with Crippen LogP contribution in [0.4, 0.5) is 0 Å². The van der Waals surface area contributed by atoms with Crippen molar-refractivity contribution in [3.63, 3.8) is 0 Å². The standard InChI is InChI=1S/C13H18N2O2/c16-13(10-5-8-17-9-10)15-7-2-4-12(15)11-3-1-6-14-11/h5,8-9,11-12,14H,1-4,6-7H2. The van der Waals surface area contributed by atoms with Crippen LogP contribution >= 0.6 is 0 Å². The number of carbonyl (C=O) groups is 1. The Labute approximate surface area is 101 Å². The van der Waals surface area contributed by atoms with E-state index < -0.39 is 0 Å². The lowest BCUT2D eigenvalue weighted by Crippen LogP contribution is -2.46. The Morgan fingerprint density at radius 2 is 2.35 bits per heavy atom. The fourth-order valence-electron chi connectivity index (χ4n) is 3.05. The SMILES string of the molecule is O=C(c1ccoc1)N1CCCC1C1CCCN1. The number of likely N-dealkylation sites (tertiary alicyclic amines) is 1. The van der Waals surface area contributed by atoms with E-state index in [0.29, 0.717) is 17.6 Å². The maximum atomic E-state index is 12.3. The average Bonchev–Trinajstić information content (AvgIpc) is 3.09. The molecule has 3 heterocycles. The van der Waals surface area contributed by atoms with Crippen molar-refractivity contribution in [3.05, 3.63) is 24.2 Å². The molecule has 17 heavy (non-hydrogen) atoms. The van der Waals surface area contributed by atoms with Crippen molar-refractivity contribution < 1.29 is 9.21 Å². The molecule has 0 spiro atoms. The summed E-state index contributed by atoms with van der Waals surface area (Å²) in [5.41, 5.74) is 0.676. The zero-order chi connectivity index (χ0) is 11.7. The second-order valence-electron chi connectivity index (χ2n) is 4.92. The summed E-state index contributed by atoms with van der Waals surface area (Å²) in [6.45, 7) is 1.97. The van der Waals surface area contributed by atoms with Crippen LogP contribution in [0.1, 0.15) is 36.0 Å². The van der Waals surface area contributed by atoms with Gasteiger partial charge >= 0.3 is 0 Å². The largest absolute Gasteiger partial charge is 0.472 e. The molecule has 1 amide bonds. The van der Waals surface area contributed by atoms with Crippen LogP contribution in [0.2, 0.25) is 0 Å². The molecule has 2 saturated heterocycles. The topological polar surface area (TPSA) is 45.5 Å². The van der Waals surface area contributed by atoms with Gasteiger partial charge in [-0.15, -0.1) is 0 Å². The van der Waals surface area contributed by atoms with E-state index in [1.165, 1.54) is 12.8 Å². The summed E-state index contributed by atoms with van der Waals surface area (Å²) in [6, 6.07) is 2.62. The summed E-state index contributed by atoms with van der Waals surface area (Å²) in [6.07, 6.45) is 7.77. The molecule has 0 aromatic carbocycles. The first-order chi connectivity index (χ1) is 8.36. The second kappa shape index (κ2) is 4.53. The number of carbonyl (C=O) groups excluding carboxylic acids is 1. The van der Waals surface area contributed by atoms with Gasteiger partial charge in [0.2, 0.25) is 0 Å². The molecule has 1 aromatic rings. The van der Waals surface area contributed by atoms with E-state index in [1.807, 2.05) is 4.90 Å². The average molecular weight is 234 g/mol. The zero-order valence-corrected chi connectivity index (χ0v) is 9.89. The highest BCUT2D eigenvalue weighted by molar-refractivity contribution is 5.94. The van der Waals surface area contributed by atoms with E-state index in [0.717, 1.165) is 25.9 Å². The van der Waals surface area contributed by atoms with Gasteiger partial charge in [-0.1, -0.05) is 0 Å². The first-order valence-electron chi connectivity index (χ1n) is 6.43. The van der Waals surface area contributed by atoms with Gasteiger partial charge in [-0.05, 0) is 38.3 Å². The fourth-order valence-corrected chi connectivity index (χ4v) is 3.05.